The molecular formula is C16H24FNO2. The van der Waals surface area contributed by atoms with E-state index in [9.17, 15) is 4.39 Å². The first-order chi connectivity index (χ1) is 9.63. The van der Waals surface area contributed by atoms with Crippen LogP contribution in [0.4, 0.5) is 4.39 Å². The van der Waals surface area contributed by atoms with Gasteiger partial charge in [-0.3, -0.25) is 0 Å². The van der Waals surface area contributed by atoms with Crippen molar-refractivity contribution in [3.05, 3.63) is 29.6 Å². The van der Waals surface area contributed by atoms with Crippen molar-refractivity contribution < 1.29 is 13.9 Å². The monoisotopic (exact) mass is 281 g/mol. The van der Waals surface area contributed by atoms with E-state index in [1.807, 2.05) is 6.07 Å². The molecule has 2 rings (SSSR count). The van der Waals surface area contributed by atoms with E-state index in [4.69, 9.17) is 9.47 Å². The van der Waals surface area contributed by atoms with Crippen LogP contribution in [-0.2, 0) is 11.3 Å². The predicted octanol–water partition coefficient (Wildman–Crippen LogP) is 3.13. The molecule has 0 saturated heterocycles. The highest BCUT2D eigenvalue weighted by atomic mass is 19.1. The number of halogens is 1. The average Bonchev–Trinajstić information content (AvgIpc) is 3.19. The normalized spacial score (nSPS) is 14.8. The molecule has 1 aromatic carbocycles. The van der Waals surface area contributed by atoms with E-state index < -0.39 is 0 Å². The van der Waals surface area contributed by atoms with Gasteiger partial charge in [0.05, 0.1) is 6.61 Å². The molecule has 1 aliphatic carbocycles. The number of nitrogens with one attached hydrogen (secondary N) is 1. The van der Waals surface area contributed by atoms with Crippen LogP contribution in [0.2, 0.25) is 0 Å². The minimum Gasteiger partial charge on any atom is -0.491 e. The molecule has 1 aliphatic rings. The summed E-state index contributed by atoms with van der Waals surface area (Å²) >= 11 is 0. The smallest absolute Gasteiger partial charge is 0.127 e. The second-order valence-corrected chi connectivity index (χ2v) is 5.77. The number of rotatable bonds is 9. The zero-order valence-electron chi connectivity index (χ0n) is 12.3. The Morgan fingerprint density at radius 3 is 2.75 bits per heavy atom. The number of ether oxygens (including phenoxy) is 2. The molecule has 0 radical (unpaired) electrons. The third kappa shape index (κ3) is 5.88. The van der Waals surface area contributed by atoms with Crippen LogP contribution in [-0.4, -0.2) is 25.9 Å². The maximum Gasteiger partial charge on any atom is 0.127 e. The van der Waals surface area contributed by atoms with Gasteiger partial charge in [-0.2, -0.15) is 0 Å². The summed E-state index contributed by atoms with van der Waals surface area (Å²) in [5, 5.41) is 3.37. The van der Waals surface area contributed by atoms with Crippen LogP contribution in [0, 0.1) is 11.7 Å². The second kappa shape index (κ2) is 7.60. The quantitative estimate of drug-likeness (QED) is 0.705. The number of benzene rings is 1. The Kier molecular flexibility index (Phi) is 5.80. The van der Waals surface area contributed by atoms with Crippen molar-refractivity contribution in [2.45, 2.75) is 39.3 Å². The van der Waals surface area contributed by atoms with E-state index >= 15 is 0 Å². The van der Waals surface area contributed by atoms with Crippen LogP contribution < -0.4 is 10.1 Å². The highest BCUT2D eigenvalue weighted by Gasteiger charge is 2.20. The Balaban J connectivity index is 1.74. The topological polar surface area (TPSA) is 30.5 Å². The highest BCUT2D eigenvalue weighted by molar-refractivity contribution is 5.29. The molecule has 112 valence electrons. The Morgan fingerprint density at radius 1 is 1.25 bits per heavy atom. The molecule has 20 heavy (non-hydrogen) atoms. The van der Waals surface area contributed by atoms with Gasteiger partial charge in [-0.15, -0.1) is 0 Å². The molecular weight excluding hydrogens is 257 g/mol. The fraction of sp³-hybridized carbons (Fsp3) is 0.625. The predicted molar refractivity (Wildman–Crippen MR) is 77.4 cm³/mol. The van der Waals surface area contributed by atoms with Gasteiger partial charge in [0.2, 0.25) is 0 Å². The largest absolute Gasteiger partial charge is 0.491 e. The summed E-state index contributed by atoms with van der Waals surface area (Å²) in [7, 11) is 0. The van der Waals surface area contributed by atoms with Crippen molar-refractivity contribution in [3.63, 3.8) is 0 Å². The Morgan fingerprint density at radius 2 is 2.05 bits per heavy atom. The van der Waals surface area contributed by atoms with Crippen LogP contribution >= 0.6 is 0 Å². The second-order valence-electron chi connectivity index (χ2n) is 5.77. The summed E-state index contributed by atoms with van der Waals surface area (Å²) < 4.78 is 24.5. The van der Waals surface area contributed by atoms with Crippen LogP contribution in [0.1, 0.15) is 32.3 Å². The average molecular weight is 281 g/mol. The molecule has 1 fully saturated rings. The van der Waals surface area contributed by atoms with E-state index in [-0.39, 0.29) is 5.82 Å². The van der Waals surface area contributed by atoms with Gasteiger partial charge in [0.25, 0.3) is 0 Å². The zero-order chi connectivity index (χ0) is 14.4. The van der Waals surface area contributed by atoms with Gasteiger partial charge >= 0.3 is 0 Å². The Bertz CT molecular complexity index is 419. The molecule has 0 unspecified atom stereocenters. The SMILES string of the molecule is CC(C)COCCOc1cc(F)cc(CNC2CC2)c1. The molecule has 0 amide bonds. The molecule has 0 heterocycles. The van der Waals surface area contributed by atoms with Crippen LogP contribution in [0.15, 0.2) is 18.2 Å². The van der Waals surface area contributed by atoms with Crippen molar-refractivity contribution in [2.24, 2.45) is 5.92 Å². The van der Waals surface area contributed by atoms with Gasteiger partial charge in [-0.1, -0.05) is 13.8 Å². The lowest BCUT2D eigenvalue weighted by molar-refractivity contribution is 0.0818. The lowest BCUT2D eigenvalue weighted by Gasteiger charge is -2.10. The third-order valence-electron chi connectivity index (χ3n) is 3.05. The molecule has 0 bridgehead atoms. The molecule has 0 spiro atoms. The minimum absolute atomic E-state index is 0.252. The number of hydrogen-bond donors (Lipinski definition) is 1. The van der Waals surface area contributed by atoms with E-state index in [1.54, 1.807) is 6.07 Å². The lowest BCUT2D eigenvalue weighted by Crippen LogP contribution is -2.15. The van der Waals surface area contributed by atoms with Crippen molar-refractivity contribution >= 4 is 0 Å². The fourth-order valence-corrected chi connectivity index (χ4v) is 1.89. The third-order valence-corrected chi connectivity index (χ3v) is 3.05. The van der Waals surface area contributed by atoms with Crippen LogP contribution in [0.3, 0.4) is 0 Å². The van der Waals surface area contributed by atoms with Gasteiger partial charge < -0.3 is 14.8 Å². The molecule has 1 aromatic rings. The van der Waals surface area contributed by atoms with Crippen molar-refractivity contribution in [2.75, 3.05) is 19.8 Å². The summed E-state index contributed by atoms with van der Waals surface area (Å²) in [6, 6.07) is 5.48. The molecule has 1 saturated carbocycles. The summed E-state index contributed by atoms with van der Waals surface area (Å²) in [6.45, 7) is 6.61. The van der Waals surface area contributed by atoms with E-state index in [0.29, 0.717) is 37.5 Å². The molecule has 4 heteroatoms. The summed E-state index contributed by atoms with van der Waals surface area (Å²) in [6.07, 6.45) is 2.46. The molecule has 0 aromatic heterocycles. The highest BCUT2D eigenvalue weighted by Crippen LogP contribution is 2.21. The van der Waals surface area contributed by atoms with Crippen molar-refractivity contribution in [1.29, 1.82) is 0 Å². The Labute approximate surface area is 120 Å². The molecule has 0 atom stereocenters. The van der Waals surface area contributed by atoms with Crippen LogP contribution in [0.25, 0.3) is 0 Å². The van der Waals surface area contributed by atoms with Crippen molar-refractivity contribution in [3.8, 4) is 5.75 Å². The van der Waals surface area contributed by atoms with E-state index in [0.717, 1.165) is 12.2 Å². The first-order valence-electron chi connectivity index (χ1n) is 7.37. The standard InChI is InChI=1S/C16H24FNO2/c1-12(2)11-19-5-6-20-16-8-13(7-14(17)9-16)10-18-15-3-4-15/h7-9,12,15,18H,3-6,10-11H2,1-2H3. The summed E-state index contributed by atoms with van der Waals surface area (Å²) in [5.41, 5.74) is 0.926. The molecule has 1 N–H and O–H groups in total. The van der Waals surface area contributed by atoms with Gasteiger partial charge in [0, 0.05) is 25.3 Å². The lowest BCUT2D eigenvalue weighted by atomic mass is 10.2. The summed E-state index contributed by atoms with van der Waals surface area (Å²) in [4.78, 5) is 0. The Hall–Kier alpha value is -1.13. The van der Waals surface area contributed by atoms with Crippen molar-refractivity contribution in [1.82, 2.24) is 5.32 Å². The zero-order valence-corrected chi connectivity index (χ0v) is 12.3. The molecule has 3 nitrogen and oxygen atoms in total. The van der Waals surface area contributed by atoms with Gasteiger partial charge in [-0.25, -0.2) is 4.39 Å². The molecule has 0 aliphatic heterocycles. The fourth-order valence-electron chi connectivity index (χ4n) is 1.89. The number of hydrogen-bond acceptors (Lipinski definition) is 3. The maximum atomic E-state index is 13.5. The maximum absolute atomic E-state index is 13.5. The first kappa shape index (κ1) is 15.3. The van der Waals surface area contributed by atoms with Gasteiger partial charge in [0.1, 0.15) is 18.2 Å². The summed E-state index contributed by atoms with van der Waals surface area (Å²) in [5.74, 6) is 0.841. The van der Waals surface area contributed by atoms with E-state index in [1.165, 1.54) is 18.9 Å². The van der Waals surface area contributed by atoms with Crippen LogP contribution in [0.5, 0.6) is 5.75 Å². The first-order valence-corrected chi connectivity index (χ1v) is 7.37. The van der Waals surface area contributed by atoms with Gasteiger partial charge in [-0.05, 0) is 36.5 Å². The minimum atomic E-state index is -0.252. The van der Waals surface area contributed by atoms with Gasteiger partial charge in [0.15, 0.2) is 0 Å². The van der Waals surface area contributed by atoms with E-state index in [2.05, 4.69) is 19.2 Å².